The predicted molar refractivity (Wildman–Crippen MR) is 106 cm³/mol. The van der Waals surface area contributed by atoms with Gasteiger partial charge in [-0.1, -0.05) is 47.8 Å². The lowest BCUT2D eigenvalue weighted by molar-refractivity contribution is 0.290. The second-order valence-corrected chi connectivity index (χ2v) is 6.89. The molecule has 0 atom stereocenters. The Morgan fingerprint density at radius 1 is 1.00 bits per heavy atom. The molecule has 0 fully saturated rings. The number of hydrogen-bond acceptors (Lipinski definition) is 3. The molecular weight excluding hydrogens is 381 g/mol. The van der Waals surface area contributed by atoms with Crippen molar-refractivity contribution in [2.75, 3.05) is 20.3 Å². The molecule has 0 saturated carbocycles. The number of benzene rings is 2. The van der Waals surface area contributed by atoms with Crippen molar-refractivity contribution < 1.29 is 9.47 Å². The van der Waals surface area contributed by atoms with Gasteiger partial charge in [0.25, 0.3) is 0 Å². The molecule has 6 heteroatoms. The minimum atomic E-state index is 0.623. The number of rotatable bonds is 9. The Morgan fingerprint density at radius 2 is 1.80 bits per heavy atom. The lowest BCUT2D eigenvalue weighted by Gasteiger charge is -2.16. The Bertz CT molecular complexity index is 707. The van der Waals surface area contributed by atoms with Crippen LogP contribution in [0.25, 0.3) is 0 Å². The van der Waals surface area contributed by atoms with Crippen LogP contribution >= 0.6 is 34.8 Å². The van der Waals surface area contributed by atoms with Crippen LogP contribution in [-0.2, 0) is 13.0 Å². The van der Waals surface area contributed by atoms with Gasteiger partial charge >= 0.3 is 0 Å². The summed E-state index contributed by atoms with van der Waals surface area (Å²) < 4.78 is 11.3. The summed E-state index contributed by atoms with van der Waals surface area (Å²) in [6, 6.07) is 9.23. The third-order valence-electron chi connectivity index (χ3n) is 3.67. The molecule has 0 aliphatic heterocycles. The fourth-order valence-electron chi connectivity index (χ4n) is 2.44. The molecule has 0 bridgehead atoms. The molecule has 0 aliphatic carbocycles. The lowest BCUT2D eigenvalue weighted by atomic mass is 10.1. The van der Waals surface area contributed by atoms with Crippen molar-refractivity contribution in [3.63, 3.8) is 0 Å². The first-order valence-corrected chi connectivity index (χ1v) is 9.32. The predicted octanol–water partition coefficient (Wildman–Crippen LogP) is 5.78. The zero-order chi connectivity index (χ0) is 18.2. The van der Waals surface area contributed by atoms with E-state index < -0.39 is 0 Å². The summed E-state index contributed by atoms with van der Waals surface area (Å²) in [5.41, 5.74) is 2.03. The summed E-state index contributed by atoms with van der Waals surface area (Å²) >= 11 is 18.3. The number of nitrogens with one attached hydrogen (secondary N) is 1. The van der Waals surface area contributed by atoms with Crippen LogP contribution in [-0.4, -0.2) is 20.3 Å². The fraction of sp³-hybridized carbons (Fsp3) is 0.368. The van der Waals surface area contributed by atoms with E-state index >= 15 is 0 Å². The zero-order valence-electron chi connectivity index (χ0n) is 14.4. The van der Waals surface area contributed by atoms with Gasteiger partial charge < -0.3 is 14.8 Å². The van der Waals surface area contributed by atoms with Crippen LogP contribution in [0.2, 0.25) is 15.1 Å². The first kappa shape index (κ1) is 20.2. The van der Waals surface area contributed by atoms with Crippen molar-refractivity contribution in [3.05, 3.63) is 56.5 Å². The Kier molecular flexibility index (Phi) is 8.17. The molecule has 2 aromatic rings. The Balaban J connectivity index is 2.00. The number of methoxy groups -OCH3 is 1. The third kappa shape index (κ3) is 5.96. The minimum Gasteiger partial charge on any atom is -0.493 e. The average Bonchev–Trinajstić information content (AvgIpc) is 2.58. The van der Waals surface area contributed by atoms with E-state index in [1.807, 2.05) is 18.2 Å². The van der Waals surface area contributed by atoms with Gasteiger partial charge in [-0.15, -0.1) is 0 Å². The topological polar surface area (TPSA) is 30.5 Å². The van der Waals surface area contributed by atoms with Gasteiger partial charge in [0, 0.05) is 33.2 Å². The van der Waals surface area contributed by atoms with Gasteiger partial charge in [0.05, 0.1) is 13.7 Å². The number of hydrogen-bond donors (Lipinski definition) is 1. The maximum Gasteiger partial charge on any atom is 0.165 e. The van der Waals surface area contributed by atoms with Crippen LogP contribution in [0.4, 0.5) is 0 Å². The molecule has 3 nitrogen and oxygen atoms in total. The summed E-state index contributed by atoms with van der Waals surface area (Å²) in [7, 11) is 1.62. The molecule has 2 rings (SSSR count). The molecule has 0 aromatic heterocycles. The van der Waals surface area contributed by atoms with E-state index in [9.17, 15) is 0 Å². The monoisotopic (exact) mass is 401 g/mol. The van der Waals surface area contributed by atoms with Gasteiger partial charge in [0.1, 0.15) is 0 Å². The quantitative estimate of drug-likeness (QED) is 0.540. The molecule has 0 amide bonds. The second-order valence-electron chi connectivity index (χ2n) is 5.61. The van der Waals surface area contributed by atoms with Crippen LogP contribution in [0.3, 0.4) is 0 Å². The highest BCUT2D eigenvalue weighted by Crippen LogP contribution is 2.35. The Hall–Kier alpha value is -1.13. The fourth-order valence-corrected chi connectivity index (χ4v) is 3.18. The molecule has 2 aromatic carbocycles. The largest absolute Gasteiger partial charge is 0.493 e. The van der Waals surface area contributed by atoms with E-state index in [4.69, 9.17) is 44.3 Å². The lowest BCUT2D eigenvalue weighted by Crippen LogP contribution is -2.18. The number of ether oxygens (including phenoxy) is 2. The molecular formula is C19H22Cl3NO2. The van der Waals surface area contributed by atoms with Gasteiger partial charge in [0.15, 0.2) is 11.5 Å². The maximum atomic E-state index is 6.20. The van der Waals surface area contributed by atoms with E-state index in [0.29, 0.717) is 34.0 Å². The third-order valence-corrected chi connectivity index (χ3v) is 4.47. The van der Waals surface area contributed by atoms with Crippen molar-refractivity contribution in [1.29, 1.82) is 0 Å². The molecule has 0 aliphatic rings. The average molecular weight is 403 g/mol. The van der Waals surface area contributed by atoms with Gasteiger partial charge in [-0.05, 0) is 43.1 Å². The van der Waals surface area contributed by atoms with Crippen LogP contribution in [0, 0.1) is 0 Å². The first-order valence-electron chi connectivity index (χ1n) is 8.19. The zero-order valence-corrected chi connectivity index (χ0v) is 16.6. The van der Waals surface area contributed by atoms with Crippen molar-refractivity contribution in [3.8, 4) is 11.5 Å². The van der Waals surface area contributed by atoms with E-state index in [-0.39, 0.29) is 0 Å². The highest BCUT2D eigenvalue weighted by atomic mass is 35.5. The summed E-state index contributed by atoms with van der Waals surface area (Å²) in [6.07, 6.45) is 1.73. The first-order chi connectivity index (χ1) is 12.0. The standard InChI is InChI=1S/C19H22Cl3NO2/c1-3-8-25-19-14(9-16(21)11-18(19)24-2)12-23-7-6-13-4-5-15(20)10-17(13)22/h4-5,9-11,23H,3,6-8,12H2,1-2H3. The van der Waals surface area contributed by atoms with E-state index in [0.717, 1.165) is 36.3 Å². The van der Waals surface area contributed by atoms with E-state index in [1.54, 1.807) is 19.2 Å². The minimum absolute atomic E-state index is 0.623. The van der Waals surface area contributed by atoms with Crippen LogP contribution in [0.5, 0.6) is 11.5 Å². The van der Waals surface area contributed by atoms with Crippen LogP contribution in [0.1, 0.15) is 24.5 Å². The van der Waals surface area contributed by atoms with Crippen molar-refractivity contribution in [2.45, 2.75) is 26.3 Å². The highest BCUT2D eigenvalue weighted by molar-refractivity contribution is 6.35. The van der Waals surface area contributed by atoms with Gasteiger partial charge in [-0.25, -0.2) is 0 Å². The van der Waals surface area contributed by atoms with Crippen LogP contribution < -0.4 is 14.8 Å². The normalized spacial score (nSPS) is 10.8. The molecule has 1 N–H and O–H groups in total. The van der Waals surface area contributed by atoms with Crippen molar-refractivity contribution >= 4 is 34.8 Å². The second kappa shape index (κ2) is 10.1. The molecule has 25 heavy (non-hydrogen) atoms. The number of halogens is 3. The summed E-state index contributed by atoms with van der Waals surface area (Å²) in [6.45, 7) is 4.09. The van der Waals surface area contributed by atoms with Gasteiger partial charge in [-0.2, -0.15) is 0 Å². The molecule has 0 radical (unpaired) electrons. The Labute approximate surface area is 164 Å². The molecule has 0 heterocycles. The van der Waals surface area contributed by atoms with E-state index in [1.165, 1.54) is 0 Å². The van der Waals surface area contributed by atoms with Gasteiger partial charge in [-0.3, -0.25) is 0 Å². The highest BCUT2D eigenvalue weighted by Gasteiger charge is 2.12. The summed E-state index contributed by atoms with van der Waals surface area (Å²) in [5, 5.41) is 5.35. The Morgan fingerprint density at radius 3 is 2.48 bits per heavy atom. The van der Waals surface area contributed by atoms with E-state index in [2.05, 4.69) is 12.2 Å². The SMILES string of the molecule is CCCOc1c(CNCCc2ccc(Cl)cc2Cl)cc(Cl)cc1OC. The van der Waals surface area contributed by atoms with Crippen LogP contribution in [0.15, 0.2) is 30.3 Å². The smallest absolute Gasteiger partial charge is 0.165 e. The molecule has 0 spiro atoms. The molecule has 136 valence electrons. The van der Waals surface area contributed by atoms with Crippen molar-refractivity contribution in [2.24, 2.45) is 0 Å². The maximum absolute atomic E-state index is 6.20. The summed E-state index contributed by atoms with van der Waals surface area (Å²) in [5.74, 6) is 1.39. The summed E-state index contributed by atoms with van der Waals surface area (Å²) in [4.78, 5) is 0. The molecule has 0 unspecified atom stereocenters. The van der Waals surface area contributed by atoms with Gasteiger partial charge in [0.2, 0.25) is 0 Å². The molecule has 0 saturated heterocycles. The van der Waals surface area contributed by atoms with Crippen molar-refractivity contribution in [1.82, 2.24) is 5.32 Å².